The summed E-state index contributed by atoms with van der Waals surface area (Å²) in [6.45, 7) is 0.848. The van der Waals surface area contributed by atoms with E-state index in [1.165, 1.54) is 58.3 Å². The van der Waals surface area contributed by atoms with Gasteiger partial charge in [-0.25, -0.2) is 17.6 Å². The average Bonchev–Trinajstić information content (AvgIpc) is 4.08. The van der Waals surface area contributed by atoms with Gasteiger partial charge >= 0.3 is 0 Å². The third kappa shape index (κ3) is 13.8. The molecule has 0 spiro atoms. The van der Waals surface area contributed by atoms with Crippen molar-refractivity contribution in [2.24, 2.45) is 23.7 Å². The van der Waals surface area contributed by atoms with Gasteiger partial charge in [-0.05, 0) is 138 Å². The van der Waals surface area contributed by atoms with Crippen molar-refractivity contribution in [2.75, 3.05) is 45.8 Å². The molecule has 3 N–H and O–H groups in total. The molecule has 74 heavy (non-hydrogen) atoms. The standard InChI is InChI=1S/C59H57F4N5O6/c60-46-20-4-38(5-21-46)2-1-3-54(69)50-34-67(35-51(50)55(70)64-31-28-39-6-22-47(61)23-7-39)58(73)44-16-12-42(13-17-44)43-14-18-45(19-15-43)59(74)68-36-52(56(71)65-32-29-40-8-24-48(62)25-9-40)53(37-68)57(72)66-33-30-41-10-26-49(63)27-11-41/h4-27,50-53H,1-3,28-37H2,(H,64,70)(H,65,71)(H,66,72)/t50-,51-,52-,53-/m1/s1. The maximum Gasteiger partial charge on any atom is 0.253 e. The zero-order chi connectivity index (χ0) is 52.1. The first-order valence-corrected chi connectivity index (χ1v) is 24.9. The van der Waals surface area contributed by atoms with Crippen LogP contribution in [0.25, 0.3) is 11.1 Å². The van der Waals surface area contributed by atoms with E-state index in [0.717, 1.165) is 33.4 Å². The van der Waals surface area contributed by atoms with Crippen molar-refractivity contribution in [3.8, 4) is 11.1 Å². The number of aryl methyl sites for hydroxylation is 1. The minimum Gasteiger partial charge on any atom is -0.355 e. The molecule has 0 radical (unpaired) electrons. The van der Waals surface area contributed by atoms with Gasteiger partial charge in [0, 0.05) is 69.3 Å². The van der Waals surface area contributed by atoms with Crippen LogP contribution in [0.2, 0.25) is 0 Å². The van der Waals surface area contributed by atoms with Crippen LogP contribution < -0.4 is 16.0 Å². The first kappa shape index (κ1) is 52.4. The third-order valence-corrected chi connectivity index (χ3v) is 13.9. The van der Waals surface area contributed by atoms with Gasteiger partial charge in [0.05, 0.1) is 17.8 Å². The number of halogens is 4. The van der Waals surface area contributed by atoms with Gasteiger partial charge in [-0.15, -0.1) is 0 Å². The summed E-state index contributed by atoms with van der Waals surface area (Å²) >= 11 is 0. The largest absolute Gasteiger partial charge is 0.355 e. The number of carbonyl (C=O) groups is 6. The number of hydrogen-bond acceptors (Lipinski definition) is 6. The first-order valence-electron chi connectivity index (χ1n) is 24.9. The average molecular weight is 1010 g/mol. The second-order valence-corrected chi connectivity index (χ2v) is 18.9. The number of benzene rings is 6. The highest BCUT2D eigenvalue weighted by Crippen LogP contribution is 2.30. The lowest BCUT2D eigenvalue weighted by atomic mass is 9.88. The topological polar surface area (TPSA) is 145 Å². The second-order valence-electron chi connectivity index (χ2n) is 18.9. The second kappa shape index (κ2) is 24.7. The summed E-state index contributed by atoms with van der Waals surface area (Å²) < 4.78 is 53.8. The molecular weight excluding hydrogens is 951 g/mol. The lowest BCUT2D eigenvalue weighted by molar-refractivity contribution is -0.132. The molecule has 6 aromatic carbocycles. The number of hydrogen-bond donors (Lipinski definition) is 3. The van der Waals surface area contributed by atoms with Gasteiger partial charge in [-0.3, -0.25) is 28.8 Å². The van der Waals surface area contributed by atoms with Gasteiger partial charge < -0.3 is 25.8 Å². The van der Waals surface area contributed by atoms with E-state index in [-0.39, 0.29) is 111 Å². The Bertz CT molecular complexity index is 2580. The van der Waals surface area contributed by atoms with Gasteiger partial charge in [0.25, 0.3) is 11.8 Å². The lowest BCUT2D eigenvalue weighted by Crippen LogP contribution is -2.42. The van der Waals surface area contributed by atoms with Crippen LogP contribution in [0, 0.1) is 46.9 Å². The molecule has 2 saturated heterocycles. The van der Waals surface area contributed by atoms with E-state index < -0.39 is 23.7 Å². The number of nitrogens with zero attached hydrogens (tertiary/aromatic N) is 2. The molecule has 4 atom stereocenters. The molecule has 2 heterocycles. The zero-order valence-electron chi connectivity index (χ0n) is 40.7. The Kier molecular flexibility index (Phi) is 17.5. The maximum absolute atomic E-state index is 14.0. The van der Waals surface area contributed by atoms with Gasteiger partial charge in [0.2, 0.25) is 17.7 Å². The normalized spacial score (nSPS) is 17.2. The van der Waals surface area contributed by atoms with Crippen LogP contribution in [0.4, 0.5) is 17.6 Å². The van der Waals surface area contributed by atoms with Crippen LogP contribution in [-0.2, 0) is 44.9 Å². The van der Waals surface area contributed by atoms with E-state index in [1.54, 1.807) is 97.1 Å². The molecule has 0 aromatic heterocycles. The number of carbonyl (C=O) groups excluding carboxylic acids is 6. The van der Waals surface area contributed by atoms with Crippen molar-refractivity contribution in [1.29, 1.82) is 0 Å². The van der Waals surface area contributed by atoms with Crippen LogP contribution in [0.1, 0.15) is 55.8 Å². The van der Waals surface area contributed by atoms with Gasteiger partial charge in [0.15, 0.2) is 0 Å². The molecule has 15 heteroatoms. The smallest absolute Gasteiger partial charge is 0.253 e. The number of likely N-dealkylation sites (tertiary alicyclic amines) is 2. The van der Waals surface area contributed by atoms with E-state index >= 15 is 0 Å². The Morgan fingerprint density at radius 1 is 0.378 bits per heavy atom. The van der Waals surface area contributed by atoms with Crippen molar-refractivity contribution in [1.82, 2.24) is 25.8 Å². The molecule has 0 unspecified atom stereocenters. The lowest BCUT2D eigenvalue weighted by Gasteiger charge is -2.17. The Balaban J connectivity index is 0.891. The van der Waals surface area contributed by atoms with E-state index in [9.17, 15) is 46.3 Å². The minimum absolute atomic E-state index is 0.000881. The molecule has 382 valence electrons. The molecule has 2 fully saturated rings. The minimum atomic E-state index is -0.841. The molecule has 2 aliphatic rings. The Morgan fingerprint density at radius 2 is 0.662 bits per heavy atom. The molecule has 6 aromatic rings. The van der Waals surface area contributed by atoms with E-state index in [0.29, 0.717) is 43.2 Å². The summed E-state index contributed by atoms with van der Waals surface area (Å²) in [7, 11) is 0. The van der Waals surface area contributed by atoms with Crippen molar-refractivity contribution in [3.63, 3.8) is 0 Å². The molecule has 5 amide bonds. The SMILES string of the molecule is O=C(CCCc1ccc(F)cc1)[C@@H]1CN(C(=O)c2ccc(-c3ccc(C(=O)N4C[C@@H](C(=O)NCCc5ccc(F)cc5)[C@H](C(=O)NCCc5ccc(F)cc5)C4)cc3)cc2)C[C@H]1C(=O)NCCc1ccc(F)cc1. The zero-order valence-corrected chi connectivity index (χ0v) is 40.7. The predicted octanol–water partition coefficient (Wildman–Crippen LogP) is 7.96. The van der Waals surface area contributed by atoms with E-state index in [1.807, 2.05) is 0 Å². The maximum atomic E-state index is 14.0. The summed E-state index contributed by atoms with van der Waals surface area (Å²) in [6.07, 6.45) is 2.55. The summed E-state index contributed by atoms with van der Waals surface area (Å²) in [5.41, 5.74) is 5.58. The van der Waals surface area contributed by atoms with Crippen LogP contribution in [0.5, 0.6) is 0 Å². The van der Waals surface area contributed by atoms with Crippen molar-refractivity contribution >= 4 is 35.3 Å². The van der Waals surface area contributed by atoms with Gasteiger partial charge in [0.1, 0.15) is 29.1 Å². The number of ketones is 1. The van der Waals surface area contributed by atoms with Crippen LogP contribution in [0.15, 0.2) is 146 Å². The van der Waals surface area contributed by atoms with Gasteiger partial charge in [-0.1, -0.05) is 72.8 Å². The Hall–Kier alpha value is -7.94. The number of nitrogens with one attached hydrogen (secondary N) is 3. The molecule has 0 aliphatic carbocycles. The van der Waals surface area contributed by atoms with E-state index in [4.69, 9.17) is 0 Å². The summed E-state index contributed by atoms with van der Waals surface area (Å²) in [5.74, 6) is -6.59. The highest BCUT2D eigenvalue weighted by atomic mass is 19.1. The number of amides is 5. The molecule has 0 bridgehead atoms. The summed E-state index contributed by atoms with van der Waals surface area (Å²) in [5, 5.41) is 8.70. The fourth-order valence-corrected chi connectivity index (χ4v) is 9.68. The Labute approximate surface area is 427 Å². The number of rotatable bonds is 20. The van der Waals surface area contributed by atoms with Gasteiger partial charge in [-0.2, -0.15) is 0 Å². The first-order chi connectivity index (χ1) is 35.8. The highest BCUT2D eigenvalue weighted by Gasteiger charge is 2.44. The monoisotopic (exact) mass is 1010 g/mol. The van der Waals surface area contributed by atoms with E-state index in [2.05, 4.69) is 16.0 Å². The quantitative estimate of drug-likeness (QED) is 0.0663. The molecule has 2 aliphatic heterocycles. The fraction of sp³-hybridized carbons (Fsp3) is 0.288. The Morgan fingerprint density at radius 3 is 0.986 bits per heavy atom. The summed E-state index contributed by atoms with van der Waals surface area (Å²) in [4.78, 5) is 85.7. The molecule has 0 saturated carbocycles. The van der Waals surface area contributed by atoms with Crippen molar-refractivity contribution in [2.45, 2.75) is 38.5 Å². The molecule has 8 rings (SSSR count). The molecular formula is C59H57F4N5O6. The van der Waals surface area contributed by atoms with Crippen molar-refractivity contribution < 1.29 is 46.3 Å². The molecule has 11 nitrogen and oxygen atoms in total. The fourth-order valence-electron chi connectivity index (χ4n) is 9.68. The van der Waals surface area contributed by atoms with Crippen LogP contribution in [0.3, 0.4) is 0 Å². The highest BCUT2D eigenvalue weighted by molar-refractivity contribution is 5.99. The van der Waals surface area contributed by atoms with Crippen LogP contribution >= 0.6 is 0 Å². The van der Waals surface area contributed by atoms with Crippen molar-refractivity contribution in [3.05, 3.63) is 202 Å². The summed E-state index contributed by atoms with van der Waals surface area (Å²) in [6, 6.07) is 37.8. The number of Topliss-reactive ketones (excluding diaryl/α,β-unsaturated/α-hetero) is 1. The third-order valence-electron chi connectivity index (χ3n) is 13.9. The van der Waals surface area contributed by atoms with Crippen LogP contribution in [-0.4, -0.2) is 90.9 Å². The predicted molar refractivity (Wildman–Crippen MR) is 271 cm³/mol.